The number of rotatable bonds is 4. The van der Waals surface area contributed by atoms with Gasteiger partial charge < -0.3 is 15.1 Å². The Balaban J connectivity index is 1.52. The van der Waals surface area contributed by atoms with Crippen LogP contribution in [0.2, 0.25) is 0 Å². The molecule has 7 nitrogen and oxygen atoms in total. The first-order valence-electron chi connectivity index (χ1n) is 10.9. The molecule has 30 heavy (non-hydrogen) atoms. The summed E-state index contributed by atoms with van der Waals surface area (Å²) in [4.78, 5) is 44.4. The van der Waals surface area contributed by atoms with E-state index >= 15 is 0 Å². The zero-order valence-corrected chi connectivity index (χ0v) is 19.4. The smallest absolute Gasteiger partial charge is 0.264 e. The summed E-state index contributed by atoms with van der Waals surface area (Å²) in [6, 6.07) is 1.87. The number of nitrogens with zero attached hydrogens (tertiary/aromatic N) is 3. The van der Waals surface area contributed by atoms with E-state index in [1.165, 1.54) is 17.8 Å². The summed E-state index contributed by atoms with van der Waals surface area (Å²) >= 11 is 1.34. The van der Waals surface area contributed by atoms with Crippen LogP contribution in [0.25, 0.3) is 0 Å². The predicted octanol–water partition coefficient (Wildman–Crippen LogP) is 2.81. The van der Waals surface area contributed by atoms with Crippen molar-refractivity contribution in [3.8, 4) is 0 Å². The number of anilines is 1. The molecule has 2 aliphatic rings. The first kappa shape index (κ1) is 22.7. The number of hydrogen-bond acceptors (Lipinski definition) is 5. The highest BCUT2D eigenvalue weighted by Gasteiger charge is 2.28. The first-order valence-corrected chi connectivity index (χ1v) is 11.7. The van der Waals surface area contributed by atoms with Gasteiger partial charge in [0.15, 0.2) is 0 Å². The minimum atomic E-state index is -0.482. The van der Waals surface area contributed by atoms with Crippen LogP contribution in [0.3, 0.4) is 0 Å². The zero-order valence-electron chi connectivity index (χ0n) is 18.6. The van der Waals surface area contributed by atoms with Gasteiger partial charge in [-0.15, -0.1) is 11.3 Å². The van der Waals surface area contributed by atoms with E-state index in [0.717, 1.165) is 31.5 Å². The molecule has 1 aromatic rings. The zero-order chi connectivity index (χ0) is 21.9. The van der Waals surface area contributed by atoms with Crippen molar-refractivity contribution in [2.24, 2.45) is 5.41 Å². The van der Waals surface area contributed by atoms with Crippen molar-refractivity contribution in [1.29, 1.82) is 0 Å². The maximum absolute atomic E-state index is 13.0. The number of carbonyl (C=O) groups excluding carboxylic acids is 3. The molecule has 3 amide bonds. The highest BCUT2D eigenvalue weighted by atomic mass is 32.1. The van der Waals surface area contributed by atoms with E-state index in [4.69, 9.17) is 0 Å². The van der Waals surface area contributed by atoms with Crippen LogP contribution in [0.15, 0.2) is 6.07 Å². The van der Waals surface area contributed by atoms with Crippen molar-refractivity contribution in [3.05, 3.63) is 16.5 Å². The van der Waals surface area contributed by atoms with Gasteiger partial charge in [-0.25, -0.2) is 0 Å². The van der Waals surface area contributed by atoms with E-state index in [1.54, 1.807) is 0 Å². The second kappa shape index (κ2) is 9.47. The minimum absolute atomic E-state index is 0.00997. The molecule has 0 unspecified atom stereocenters. The number of likely N-dealkylation sites (tertiary alicyclic amines) is 1. The summed E-state index contributed by atoms with van der Waals surface area (Å²) in [6.45, 7) is 12.4. The maximum Gasteiger partial charge on any atom is 0.264 e. The van der Waals surface area contributed by atoms with E-state index in [0.29, 0.717) is 42.6 Å². The molecule has 3 rings (SSSR count). The fourth-order valence-electron chi connectivity index (χ4n) is 3.74. The van der Waals surface area contributed by atoms with Gasteiger partial charge in [-0.1, -0.05) is 20.8 Å². The highest BCUT2D eigenvalue weighted by Crippen LogP contribution is 2.29. The number of thiophene rings is 1. The topological polar surface area (TPSA) is 73.0 Å². The third kappa shape index (κ3) is 5.60. The number of piperazine rings is 1. The van der Waals surface area contributed by atoms with Crippen molar-refractivity contribution in [3.63, 3.8) is 0 Å². The molecule has 2 aliphatic heterocycles. The highest BCUT2D eigenvalue weighted by molar-refractivity contribution is 7.18. The number of piperidine rings is 1. The van der Waals surface area contributed by atoms with Crippen LogP contribution in [0.1, 0.15) is 55.3 Å². The van der Waals surface area contributed by atoms with Crippen LogP contribution in [0.5, 0.6) is 0 Å². The molecule has 0 aliphatic carbocycles. The number of aryl methyl sites for hydroxylation is 1. The van der Waals surface area contributed by atoms with Crippen molar-refractivity contribution >= 4 is 34.1 Å². The Labute approximate surface area is 183 Å². The van der Waals surface area contributed by atoms with Crippen LogP contribution in [0.4, 0.5) is 5.00 Å². The lowest BCUT2D eigenvalue weighted by molar-refractivity contribution is -0.133. The molecule has 0 spiro atoms. The molecule has 0 saturated carbocycles. The van der Waals surface area contributed by atoms with Crippen LogP contribution in [-0.4, -0.2) is 78.2 Å². The van der Waals surface area contributed by atoms with E-state index in [1.807, 2.05) is 43.6 Å². The fraction of sp³-hybridized carbons (Fsp3) is 0.682. The average molecular weight is 435 g/mol. The van der Waals surface area contributed by atoms with Crippen molar-refractivity contribution in [2.45, 2.75) is 47.0 Å². The van der Waals surface area contributed by atoms with Gasteiger partial charge >= 0.3 is 0 Å². The maximum atomic E-state index is 13.0. The summed E-state index contributed by atoms with van der Waals surface area (Å²) < 4.78 is 0. The molecule has 8 heteroatoms. The monoisotopic (exact) mass is 434 g/mol. The summed E-state index contributed by atoms with van der Waals surface area (Å²) in [5.74, 6) is 0.160. The Hall–Kier alpha value is -1.93. The Morgan fingerprint density at radius 1 is 0.967 bits per heavy atom. The van der Waals surface area contributed by atoms with Crippen LogP contribution < -0.4 is 5.32 Å². The van der Waals surface area contributed by atoms with Gasteiger partial charge in [-0.3, -0.25) is 19.3 Å². The van der Waals surface area contributed by atoms with E-state index in [9.17, 15) is 14.4 Å². The standard InChI is InChI=1S/C22H34N4O3S/c1-16-14-17(23-21(29)22(2,3)4)30-19(16)20(28)26-12-10-24(11-13-26)15-18(27)25-8-6-5-7-9-25/h14H,5-13,15H2,1-4H3,(H,23,29). The van der Waals surface area contributed by atoms with Gasteiger partial charge in [-0.05, 0) is 37.8 Å². The molecular formula is C22H34N4O3S. The number of carbonyl (C=O) groups is 3. The average Bonchev–Trinajstić information content (AvgIpc) is 3.08. The first-order chi connectivity index (χ1) is 14.1. The van der Waals surface area contributed by atoms with E-state index < -0.39 is 5.41 Å². The second-order valence-corrected chi connectivity index (χ2v) is 10.4. The normalized spacial score (nSPS) is 18.4. The largest absolute Gasteiger partial charge is 0.342 e. The lowest BCUT2D eigenvalue weighted by Crippen LogP contribution is -2.52. The minimum Gasteiger partial charge on any atom is -0.342 e. The Morgan fingerprint density at radius 2 is 1.60 bits per heavy atom. The van der Waals surface area contributed by atoms with Gasteiger partial charge in [0, 0.05) is 44.7 Å². The second-order valence-electron chi connectivity index (χ2n) is 9.34. The van der Waals surface area contributed by atoms with E-state index in [2.05, 4.69) is 10.2 Å². The lowest BCUT2D eigenvalue weighted by Gasteiger charge is -2.36. The molecule has 2 fully saturated rings. The molecule has 1 aromatic heterocycles. The molecule has 0 aromatic carbocycles. The Bertz CT molecular complexity index is 785. The van der Waals surface area contributed by atoms with Gasteiger partial charge in [0.25, 0.3) is 5.91 Å². The van der Waals surface area contributed by atoms with E-state index in [-0.39, 0.29) is 17.7 Å². The molecule has 0 atom stereocenters. The van der Waals surface area contributed by atoms with Crippen molar-refractivity contribution < 1.29 is 14.4 Å². The molecule has 2 saturated heterocycles. The molecule has 3 heterocycles. The van der Waals surface area contributed by atoms with Gasteiger partial charge in [-0.2, -0.15) is 0 Å². The van der Waals surface area contributed by atoms with Crippen molar-refractivity contribution in [2.75, 3.05) is 51.1 Å². The van der Waals surface area contributed by atoms with Crippen LogP contribution >= 0.6 is 11.3 Å². The fourth-order valence-corrected chi connectivity index (χ4v) is 4.78. The quantitative estimate of drug-likeness (QED) is 0.791. The summed E-state index contributed by atoms with van der Waals surface area (Å²) in [5.41, 5.74) is 0.404. The molecular weight excluding hydrogens is 400 g/mol. The molecule has 0 radical (unpaired) electrons. The molecule has 0 bridgehead atoms. The summed E-state index contributed by atoms with van der Waals surface area (Å²) in [6.07, 6.45) is 3.42. The van der Waals surface area contributed by atoms with Gasteiger partial charge in [0.05, 0.1) is 16.4 Å². The lowest BCUT2D eigenvalue weighted by atomic mass is 9.96. The molecule has 1 N–H and O–H groups in total. The van der Waals surface area contributed by atoms with Gasteiger partial charge in [0.2, 0.25) is 11.8 Å². The van der Waals surface area contributed by atoms with Crippen LogP contribution in [-0.2, 0) is 9.59 Å². The van der Waals surface area contributed by atoms with Crippen molar-refractivity contribution in [1.82, 2.24) is 14.7 Å². The number of hydrogen-bond donors (Lipinski definition) is 1. The number of amides is 3. The summed E-state index contributed by atoms with van der Waals surface area (Å²) in [5, 5.41) is 3.63. The molecule has 166 valence electrons. The van der Waals surface area contributed by atoms with Gasteiger partial charge in [0.1, 0.15) is 0 Å². The third-order valence-electron chi connectivity index (χ3n) is 5.76. The Morgan fingerprint density at radius 3 is 2.20 bits per heavy atom. The Kier molecular flexibility index (Phi) is 7.18. The SMILES string of the molecule is Cc1cc(NC(=O)C(C)(C)C)sc1C(=O)N1CCN(CC(=O)N2CCCCC2)CC1. The predicted molar refractivity (Wildman–Crippen MR) is 120 cm³/mol. The van der Waals surface area contributed by atoms with Crippen LogP contribution in [0, 0.1) is 12.3 Å². The summed E-state index contributed by atoms with van der Waals surface area (Å²) in [7, 11) is 0. The number of nitrogens with one attached hydrogen (secondary N) is 1. The third-order valence-corrected chi connectivity index (χ3v) is 6.90.